The number of nitrogens with zero attached hydrogens (tertiary/aromatic N) is 2. The van der Waals surface area contributed by atoms with Gasteiger partial charge in [-0.25, -0.2) is 9.13 Å². The molecular formula is C42H54N2O4+2. The van der Waals surface area contributed by atoms with E-state index in [2.05, 4.69) is 58.2 Å². The Hall–Kier alpha value is -4.32. The quantitative estimate of drug-likeness (QED) is 0.0347. The van der Waals surface area contributed by atoms with Gasteiger partial charge in [-0.15, -0.1) is 0 Å². The molecule has 0 aliphatic rings. The van der Waals surface area contributed by atoms with Gasteiger partial charge in [-0.1, -0.05) is 87.8 Å². The van der Waals surface area contributed by atoms with E-state index in [1.54, 1.807) is 0 Å². The van der Waals surface area contributed by atoms with Crippen molar-refractivity contribution in [3.63, 3.8) is 0 Å². The minimum Gasteiger partial charge on any atom is -0.427 e. The molecule has 0 fully saturated rings. The van der Waals surface area contributed by atoms with Crippen molar-refractivity contribution in [3.8, 4) is 22.6 Å². The topological polar surface area (TPSA) is 60.4 Å². The van der Waals surface area contributed by atoms with Gasteiger partial charge in [0.25, 0.3) is 0 Å². The first-order valence-electron chi connectivity index (χ1n) is 18.2. The Balaban J connectivity index is 1.00. The fourth-order valence-corrected chi connectivity index (χ4v) is 5.86. The predicted octanol–water partition coefficient (Wildman–Crippen LogP) is 9.38. The van der Waals surface area contributed by atoms with Crippen LogP contribution in [0.25, 0.3) is 11.1 Å². The van der Waals surface area contributed by atoms with Crippen LogP contribution < -0.4 is 18.6 Å². The molecule has 254 valence electrons. The van der Waals surface area contributed by atoms with E-state index in [4.69, 9.17) is 9.47 Å². The van der Waals surface area contributed by atoms with Gasteiger partial charge in [0.05, 0.1) is 0 Å². The number of rotatable bonds is 23. The summed E-state index contributed by atoms with van der Waals surface area (Å²) in [6.45, 7) is 2.16. The smallest absolute Gasteiger partial charge is 0.311 e. The molecule has 0 atom stereocenters. The van der Waals surface area contributed by atoms with Crippen LogP contribution in [0.4, 0.5) is 0 Å². The summed E-state index contributed by atoms with van der Waals surface area (Å²) in [5, 5.41) is 0. The predicted molar refractivity (Wildman–Crippen MR) is 190 cm³/mol. The van der Waals surface area contributed by atoms with E-state index >= 15 is 0 Å². The summed E-state index contributed by atoms with van der Waals surface area (Å²) in [4.78, 5) is 24.6. The maximum atomic E-state index is 12.3. The van der Waals surface area contributed by atoms with Gasteiger partial charge in [-0.3, -0.25) is 9.59 Å². The van der Waals surface area contributed by atoms with Crippen LogP contribution >= 0.6 is 0 Å². The maximum absolute atomic E-state index is 12.3. The number of carbonyl (C=O) groups is 2. The van der Waals surface area contributed by atoms with Gasteiger partial charge in [-0.05, 0) is 61.1 Å². The minimum atomic E-state index is -0.178. The first kappa shape index (κ1) is 36.5. The number of aryl methyl sites for hydroxylation is 2. The van der Waals surface area contributed by atoms with Crippen LogP contribution in [0.5, 0.6) is 11.5 Å². The van der Waals surface area contributed by atoms with Gasteiger partial charge in [0.1, 0.15) is 24.6 Å². The molecule has 0 spiro atoms. The third-order valence-corrected chi connectivity index (χ3v) is 8.65. The lowest BCUT2D eigenvalue weighted by Crippen LogP contribution is -2.32. The number of benzene rings is 2. The molecule has 2 aromatic carbocycles. The lowest BCUT2D eigenvalue weighted by atomic mass is 10.1. The Morgan fingerprint density at radius 2 is 0.708 bits per heavy atom. The van der Waals surface area contributed by atoms with Crippen LogP contribution in [-0.2, 0) is 22.7 Å². The van der Waals surface area contributed by atoms with Crippen LogP contribution in [0.1, 0.15) is 103 Å². The van der Waals surface area contributed by atoms with Crippen molar-refractivity contribution in [3.05, 3.63) is 110 Å². The second-order valence-corrected chi connectivity index (χ2v) is 12.7. The third-order valence-electron chi connectivity index (χ3n) is 8.65. The second kappa shape index (κ2) is 22.3. The van der Waals surface area contributed by atoms with Crippen molar-refractivity contribution < 1.29 is 28.2 Å². The molecule has 4 rings (SSSR count). The third kappa shape index (κ3) is 15.1. The standard InChI is InChI=1S/C42H54N2O4/c45-41(21-13-7-3-1-5-9-15-31-43-33-17-11-18-34-43)47-39-27-23-37(24-28-39)38-25-29-40(30-26-38)48-42(46)22-14-8-4-2-6-10-16-32-44-35-19-12-20-36-44/h11-12,17-20,23-30,33-36H,1-10,13-16,21-22,31-32H2/q+2. The number of esters is 2. The van der Waals surface area contributed by atoms with E-state index in [1.807, 2.05) is 60.7 Å². The van der Waals surface area contributed by atoms with E-state index in [-0.39, 0.29) is 11.9 Å². The molecule has 48 heavy (non-hydrogen) atoms. The van der Waals surface area contributed by atoms with Gasteiger partial charge in [0.2, 0.25) is 0 Å². The van der Waals surface area contributed by atoms with Crippen molar-refractivity contribution in [1.29, 1.82) is 0 Å². The number of unbranched alkanes of at least 4 members (excludes halogenated alkanes) is 12. The van der Waals surface area contributed by atoms with Gasteiger partial charge in [0, 0.05) is 49.9 Å². The van der Waals surface area contributed by atoms with Crippen LogP contribution in [0.3, 0.4) is 0 Å². The summed E-state index contributed by atoms with van der Waals surface area (Å²) >= 11 is 0. The van der Waals surface area contributed by atoms with Gasteiger partial charge < -0.3 is 9.47 Å². The molecule has 2 heterocycles. The molecule has 0 aliphatic carbocycles. The van der Waals surface area contributed by atoms with Gasteiger partial charge >= 0.3 is 11.9 Å². The Kier molecular flexibility index (Phi) is 17.0. The highest BCUT2D eigenvalue weighted by Gasteiger charge is 2.08. The number of ether oxygens (including phenoxy) is 2. The van der Waals surface area contributed by atoms with Crippen LogP contribution in [0.2, 0.25) is 0 Å². The average Bonchev–Trinajstić information content (AvgIpc) is 3.12. The van der Waals surface area contributed by atoms with E-state index in [1.165, 1.54) is 51.4 Å². The molecular weight excluding hydrogens is 596 g/mol. The molecule has 4 aromatic rings. The molecule has 0 amide bonds. The molecule has 6 heteroatoms. The summed E-state index contributed by atoms with van der Waals surface area (Å²) in [6.07, 6.45) is 25.4. The summed E-state index contributed by atoms with van der Waals surface area (Å²) in [5.41, 5.74) is 2.02. The van der Waals surface area contributed by atoms with Crippen molar-refractivity contribution in [1.82, 2.24) is 0 Å². The SMILES string of the molecule is O=C(CCCCCCCCC[n+]1ccccc1)Oc1ccc(-c2ccc(OC(=O)CCCCCCCCC[n+]3ccccc3)cc2)cc1. The maximum Gasteiger partial charge on any atom is 0.311 e. The lowest BCUT2D eigenvalue weighted by molar-refractivity contribution is -0.697. The van der Waals surface area contributed by atoms with Crippen molar-refractivity contribution in [2.45, 2.75) is 116 Å². The molecule has 0 bridgehead atoms. The normalized spacial score (nSPS) is 10.9. The van der Waals surface area contributed by atoms with Crippen molar-refractivity contribution in [2.75, 3.05) is 0 Å². The second-order valence-electron chi connectivity index (χ2n) is 12.7. The zero-order chi connectivity index (χ0) is 33.5. The molecule has 0 saturated carbocycles. The Morgan fingerprint density at radius 3 is 1.06 bits per heavy atom. The molecule has 0 unspecified atom stereocenters. The van der Waals surface area contributed by atoms with E-state index in [0.29, 0.717) is 24.3 Å². The highest BCUT2D eigenvalue weighted by Crippen LogP contribution is 2.25. The zero-order valence-corrected chi connectivity index (χ0v) is 28.6. The lowest BCUT2D eigenvalue weighted by Gasteiger charge is -2.08. The zero-order valence-electron chi connectivity index (χ0n) is 28.6. The van der Waals surface area contributed by atoms with Crippen LogP contribution in [0, 0.1) is 0 Å². The van der Waals surface area contributed by atoms with E-state index in [0.717, 1.165) is 62.7 Å². The molecule has 2 aromatic heterocycles. The molecule has 0 saturated heterocycles. The molecule has 0 aliphatic heterocycles. The Morgan fingerprint density at radius 1 is 0.396 bits per heavy atom. The fourth-order valence-electron chi connectivity index (χ4n) is 5.86. The highest BCUT2D eigenvalue weighted by molar-refractivity contribution is 5.74. The summed E-state index contributed by atoms with van der Waals surface area (Å²) in [5.74, 6) is 0.769. The summed E-state index contributed by atoms with van der Waals surface area (Å²) in [7, 11) is 0. The summed E-state index contributed by atoms with van der Waals surface area (Å²) < 4.78 is 15.6. The first-order chi connectivity index (χ1) is 23.7. The number of aromatic nitrogens is 2. The summed E-state index contributed by atoms with van der Waals surface area (Å²) in [6, 6.07) is 27.5. The molecule has 0 N–H and O–H groups in total. The number of carbonyl (C=O) groups excluding carboxylic acids is 2. The largest absolute Gasteiger partial charge is 0.427 e. The average molecular weight is 651 g/mol. The Bertz CT molecular complexity index is 1330. The van der Waals surface area contributed by atoms with Crippen LogP contribution in [0.15, 0.2) is 110 Å². The van der Waals surface area contributed by atoms with Crippen molar-refractivity contribution in [2.24, 2.45) is 0 Å². The van der Waals surface area contributed by atoms with E-state index < -0.39 is 0 Å². The fraction of sp³-hybridized carbons (Fsp3) is 0.429. The number of hydrogen-bond donors (Lipinski definition) is 0. The van der Waals surface area contributed by atoms with E-state index in [9.17, 15) is 9.59 Å². The van der Waals surface area contributed by atoms with Gasteiger partial charge in [-0.2, -0.15) is 0 Å². The Labute approximate surface area is 287 Å². The number of hydrogen-bond acceptors (Lipinski definition) is 4. The first-order valence-corrected chi connectivity index (χ1v) is 18.2. The minimum absolute atomic E-state index is 0.178. The molecule has 6 nitrogen and oxygen atoms in total. The number of pyridine rings is 2. The van der Waals surface area contributed by atoms with Crippen molar-refractivity contribution >= 4 is 11.9 Å². The monoisotopic (exact) mass is 650 g/mol. The highest BCUT2D eigenvalue weighted by atomic mass is 16.5. The van der Waals surface area contributed by atoms with Gasteiger partial charge in [0.15, 0.2) is 24.8 Å². The van der Waals surface area contributed by atoms with Crippen LogP contribution in [-0.4, -0.2) is 11.9 Å². The molecule has 0 radical (unpaired) electrons.